The molecule has 0 spiro atoms. The number of carbonyl (C=O) groups excluding carboxylic acids is 1. The Kier molecular flexibility index (Phi) is 4.25. The first-order chi connectivity index (χ1) is 9.75. The molecule has 1 heterocycles. The highest BCUT2D eigenvalue weighted by Gasteiger charge is 2.21. The van der Waals surface area contributed by atoms with Crippen molar-refractivity contribution < 1.29 is 13.2 Å². The molecule has 1 amide bonds. The number of sulfone groups is 1. The molecule has 0 aliphatic heterocycles. The van der Waals surface area contributed by atoms with Crippen LogP contribution in [0.2, 0.25) is 0 Å². The highest BCUT2D eigenvalue weighted by atomic mass is 35.5. The molecule has 114 valence electrons. The fourth-order valence-electron chi connectivity index (χ4n) is 2.41. The molecule has 1 aromatic carbocycles. The van der Waals surface area contributed by atoms with E-state index in [1.807, 2.05) is 6.92 Å². The van der Waals surface area contributed by atoms with Crippen LogP contribution in [0.4, 0.5) is 0 Å². The summed E-state index contributed by atoms with van der Waals surface area (Å²) in [5, 5.41) is 0. The fraction of sp³-hybridized carbons (Fsp3) is 0.385. The van der Waals surface area contributed by atoms with Crippen LogP contribution in [0.15, 0.2) is 23.1 Å². The number of aromatic nitrogens is 2. The monoisotopic (exact) mass is 329 g/mol. The minimum Gasteiger partial charge on any atom is -0.370 e. The fourth-order valence-corrected chi connectivity index (χ4v) is 3.42. The van der Waals surface area contributed by atoms with E-state index in [-0.39, 0.29) is 23.2 Å². The Hall–Kier alpha value is -1.60. The normalized spacial score (nSPS) is 13.5. The summed E-state index contributed by atoms with van der Waals surface area (Å²) in [6, 6.07) is 4.65. The predicted molar refractivity (Wildman–Crippen MR) is 80.9 cm³/mol. The molecule has 2 aromatic rings. The quantitative estimate of drug-likeness (QED) is 0.843. The van der Waals surface area contributed by atoms with Crippen molar-refractivity contribution in [3.05, 3.63) is 24.0 Å². The van der Waals surface area contributed by atoms with Crippen molar-refractivity contribution in [2.45, 2.75) is 30.2 Å². The number of hydrogen-bond acceptors (Lipinski definition) is 4. The molecule has 0 aliphatic rings. The van der Waals surface area contributed by atoms with Gasteiger partial charge in [0, 0.05) is 18.7 Å². The van der Waals surface area contributed by atoms with Gasteiger partial charge in [-0.25, -0.2) is 13.4 Å². The van der Waals surface area contributed by atoms with Crippen molar-refractivity contribution >= 4 is 38.4 Å². The summed E-state index contributed by atoms with van der Waals surface area (Å²) >= 11 is 5.90. The summed E-state index contributed by atoms with van der Waals surface area (Å²) in [7, 11) is -3.40. The van der Waals surface area contributed by atoms with E-state index in [1.54, 1.807) is 16.7 Å². The molecule has 0 saturated heterocycles. The maximum atomic E-state index is 11.8. The molecule has 0 bridgehead atoms. The van der Waals surface area contributed by atoms with Crippen LogP contribution in [0.1, 0.15) is 25.2 Å². The zero-order chi connectivity index (χ0) is 15.8. The molecule has 1 aromatic heterocycles. The molecule has 2 N–H and O–H groups in total. The SMILES string of the molecule is CC(CC(N)=O)n1c(CCl)nc2c(S(C)(=O)=O)cccc21. The zero-order valence-corrected chi connectivity index (χ0v) is 13.3. The summed E-state index contributed by atoms with van der Waals surface area (Å²) < 4.78 is 25.5. The third kappa shape index (κ3) is 3.03. The van der Waals surface area contributed by atoms with Crippen LogP contribution in [0.3, 0.4) is 0 Å². The minimum absolute atomic E-state index is 0.112. The lowest BCUT2D eigenvalue weighted by Crippen LogP contribution is -2.18. The number of primary amides is 1. The minimum atomic E-state index is -3.40. The van der Waals surface area contributed by atoms with Gasteiger partial charge in [0.25, 0.3) is 0 Å². The van der Waals surface area contributed by atoms with E-state index >= 15 is 0 Å². The second-order valence-electron chi connectivity index (χ2n) is 4.95. The lowest BCUT2D eigenvalue weighted by Gasteiger charge is -2.15. The molecular weight excluding hydrogens is 314 g/mol. The third-order valence-electron chi connectivity index (χ3n) is 3.21. The summed E-state index contributed by atoms with van der Waals surface area (Å²) in [4.78, 5) is 15.6. The average molecular weight is 330 g/mol. The highest BCUT2D eigenvalue weighted by molar-refractivity contribution is 7.91. The van der Waals surface area contributed by atoms with Gasteiger partial charge in [-0.3, -0.25) is 4.79 Å². The molecule has 2 rings (SSSR count). The average Bonchev–Trinajstić information content (AvgIpc) is 2.74. The van der Waals surface area contributed by atoms with Crippen LogP contribution in [0.25, 0.3) is 11.0 Å². The van der Waals surface area contributed by atoms with Gasteiger partial charge >= 0.3 is 0 Å². The van der Waals surface area contributed by atoms with E-state index in [4.69, 9.17) is 17.3 Å². The van der Waals surface area contributed by atoms with Crippen LogP contribution in [-0.4, -0.2) is 30.1 Å². The Labute approximate surface area is 127 Å². The number of halogens is 1. The topological polar surface area (TPSA) is 95.1 Å². The molecule has 0 fully saturated rings. The smallest absolute Gasteiger partial charge is 0.219 e. The standard InChI is InChI=1S/C13H16ClN3O3S/c1-8(6-11(15)18)17-9-4-3-5-10(21(2,19)20)13(9)16-12(17)7-14/h3-5,8H,6-7H2,1-2H3,(H2,15,18). The summed E-state index contributed by atoms with van der Waals surface area (Å²) in [5.74, 6) is 0.182. The zero-order valence-electron chi connectivity index (χ0n) is 11.7. The van der Waals surface area contributed by atoms with Crippen molar-refractivity contribution in [1.82, 2.24) is 9.55 Å². The van der Waals surface area contributed by atoms with E-state index in [2.05, 4.69) is 4.98 Å². The largest absolute Gasteiger partial charge is 0.370 e. The molecule has 6 nitrogen and oxygen atoms in total. The van der Waals surface area contributed by atoms with Crippen LogP contribution in [0.5, 0.6) is 0 Å². The molecular formula is C13H16ClN3O3S. The lowest BCUT2D eigenvalue weighted by molar-refractivity contribution is -0.118. The van der Waals surface area contributed by atoms with Crippen molar-refractivity contribution in [3.63, 3.8) is 0 Å². The Morgan fingerprint density at radius 2 is 2.14 bits per heavy atom. The molecule has 0 aliphatic carbocycles. The number of amides is 1. The molecule has 1 unspecified atom stereocenters. The van der Waals surface area contributed by atoms with Gasteiger partial charge in [-0.1, -0.05) is 6.07 Å². The number of nitrogens with two attached hydrogens (primary N) is 1. The molecule has 21 heavy (non-hydrogen) atoms. The van der Waals surface area contributed by atoms with Crippen molar-refractivity contribution in [3.8, 4) is 0 Å². The maximum absolute atomic E-state index is 11.8. The van der Waals surface area contributed by atoms with Crippen LogP contribution in [-0.2, 0) is 20.5 Å². The Bertz CT molecular complexity index is 798. The number of imidazole rings is 1. The van der Waals surface area contributed by atoms with Gasteiger partial charge in [0.05, 0.1) is 16.3 Å². The second-order valence-corrected chi connectivity index (χ2v) is 7.20. The Morgan fingerprint density at radius 1 is 1.48 bits per heavy atom. The second kappa shape index (κ2) is 5.65. The van der Waals surface area contributed by atoms with E-state index in [1.165, 1.54) is 6.07 Å². The Morgan fingerprint density at radius 3 is 2.67 bits per heavy atom. The van der Waals surface area contributed by atoms with Crippen molar-refractivity contribution in [2.24, 2.45) is 5.73 Å². The predicted octanol–water partition coefficient (Wildman–Crippen LogP) is 1.61. The van der Waals surface area contributed by atoms with Crippen LogP contribution >= 0.6 is 11.6 Å². The first-order valence-corrected chi connectivity index (χ1v) is 8.72. The summed E-state index contributed by atoms with van der Waals surface area (Å²) in [6.07, 6.45) is 1.26. The first-order valence-electron chi connectivity index (χ1n) is 6.30. The number of fused-ring (bicyclic) bond motifs is 1. The number of hydrogen-bond donors (Lipinski definition) is 1. The van der Waals surface area contributed by atoms with E-state index in [9.17, 15) is 13.2 Å². The number of rotatable bonds is 5. The number of benzene rings is 1. The van der Waals surface area contributed by atoms with Gasteiger partial charge in [0.1, 0.15) is 11.3 Å². The summed E-state index contributed by atoms with van der Waals surface area (Å²) in [5.41, 5.74) is 6.23. The number of alkyl halides is 1. The van der Waals surface area contributed by atoms with Gasteiger partial charge in [0.15, 0.2) is 9.84 Å². The number of nitrogens with zero attached hydrogens (tertiary/aromatic N) is 2. The van der Waals surface area contributed by atoms with Gasteiger partial charge in [-0.15, -0.1) is 11.6 Å². The summed E-state index contributed by atoms with van der Waals surface area (Å²) in [6.45, 7) is 1.81. The van der Waals surface area contributed by atoms with Gasteiger partial charge in [-0.05, 0) is 19.1 Å². The molecule has 0 saturated carbocycles. The Balaban J connectivity index is 2.74. The number of carbonyl (C=O) groups is 1. The van der Waals surface area contributed by atoms with Gasteiger partial charge < -0.3 is 10.3 Å². The van der Waals surface area contributed by atoms with Crippen molar-refractivity contribution in [1.29, 1.82) is 0 Å². The molecule has 0 radical (unpaired) electrons. The number of para-hydroxylation sites is 1. The highest BCUT2D eigenvalue weighted by Crippen LogP contribution is 2.28. The van der Waals surface area contributed by atoms with Gasteiger partial charge in [-0.2, -0.15) is 0 Å². The third-order valence-corrected chi connectivity index (χ3v) is 4.58. The first kappa shape index (κ1) is 15.8. The van der Waals surface area contributed by atoms with Crippen LogP contribution < -0.4 is 5.73 Å². The molecule has 1 atom stereocenters. The molecule has 8 heteroatoms. The van der Waals surface area contributed by atoms with Crippen LogP contribution in [0, 0.1) is 0 Å². The van der Waals surface area contributed by atoms with E-state index in [0.717, 1.165) is 6.26 Å². The van der Waals surface area contributed by atoms with E-state index < -0.39 is 15.7 Å². The van der Waals surface area contributed by atoms with Gasteiger partial charge in [0.2, 0.25) is 5.91 Å². The van der Waals surface area contributed by atoms with Crippen molar-refractivity contribution in [2.75, 3.05) is 6.26 Å². The lowest BCUT2D eigenvalue weighted by atomic mass is 10.2. The maximum Gasteiger partial charge on any atom is 0.219 e. The van der Waals surface area contributed by atoms with E-state index in [0.29, 0.717) is 16.9 Å².